The van der Waals surface area contributed by atoms with Gasteiger partial charge in [0.2, 0.25) is 0 Å². The lowest BCUT2D eigenvalue weighted by Gasteiger charge is -2.38. The van der Waals surface area contributed by atoms with E-state index in [1.165, 1.54) is 5.56 Å². The van der Waals surface area contributed by atoms with Crippen LogP contribution in [0.4, 0.5) is 0 Å². The van der Waals surface area contributed by atoms with Crippen molar-refractivity contribution in [2.45, 2.75) is 51.0 Å². The largest absolute Gasteiger partial charge is 0.492 e. The molecule has 0 bridgehead atoms. The first-order chi connectivity index (χ1) is 15.2. The Morgan fingerprint density at radius 1 is 1.16 bits per heavy atom. The molecule has 2 aliphatic heterocycles. The number of hydrogen-bond donors (Lipinski definition) is 0. The molecule has 0 aliphatic carbocycles. The zero-order chi connectivity index (χ0) is 22.8. The van der Waals surface area contributed by atoms with Crippen molar-refractivity contribution in [3.63, 3.8) is 0 Å². The highest BCUT2D eigenvalue weighted by Gasteiger charge is 2.43. The Hall–Kier alpha value is -2.30. The van der Waals surface area contributed by atoms with Crippen molar-refractivity contribution in [2.75, 3.05) is 26.2 Å². The van der Waals surface area contributed by atoms with Crippen LogP contribution in [0.5, 0.6) is 5.75 Å². The maximum absolute atomic E-state index is 12.0. The van der Waals surface area contributed by atoms with Crippen LogP contribution < -0.4 is 4.74 Å². The Balaban J connectivity index is 1.36. The molecule has 2 aromatic carbocycles. The predicted molar refractivity (Wildman–Crippen MR) is 130 cm³/mol. The van der Waals surface area contributed by atoms with E-state index in [1.807, 2.05) is 51.1 Å². The summed E-state index contributed by atoms with van der Waals surface area (Å²) in [5.74, 6) is 0.873. The first kappa shape index (κ1) is 22.9. The van der Waals surface area contributed by atoms with E-state index in [-0.39, 0.29) is 11.4 Å². The summed E-state index contributed by atoms with van der Waals surface area (Å²) in [6, 6.07) is 14.4. The van der Waals surface area contributed by atoms with Crippen LogP contribution in [0.15, 0.2) is 42.5 Å². The molecule has 0 atom stereocenters. The molecule has 5 heteroatoms. The first-order valence-electron chi connectivity index (χ1n) is 11.4. The standard InChI is InChI=1S/C27H32ClNO3/c1-26(2,3)32-25(30)12-15-29-16-13-27(14-17-29)19-31-24-18-20(9-11-22(24)27)8-10-21-6-4-5-7-23(21)28/h4-11,18H,12-17,19H2,1-3H3/b10-8+. The number of carbonyl (C=O) groups is 1. The normalized spacial score (nSPS) is 18.0. The van der Waals surface area contributed by atoms with E-state index in [0.29, 0.717) is 6.42 Å². The zero-order valence-corrected chi connectivity index (χ0v) is 20.0. The van der Waals surface area contributed by atoms with E-state index in [0.717, 1.165) is 61.0 Å². The molecule has 2 aliphatic rings. The molecule has 2 aromatic rings. The number of benzene rings is 2. The number of likely N-dealkylation sites (tertiary alicyclic amines) is 1. The smallest absolute Gasteiger partial charge is 0.307 e. The second kappa shape index (κ2) is 9.29. The number of esters is 1. The van der Waals surface area contributed by atoms with Gasteiger partial charge in [-0.3, -0.25) is 4.79 Å². The number of hydrogen-bond acceptors (Lipinski definition) is 4. The Bertz CT molecular complexity index is 1000. The third-order valence-electron chi connectivity index (χ3n) is 6.31. The fourth-order valence-corrected chi connectivity index (χ4v) is 4.75. The maximum Gasteiger partial charge on any atom is 0.307 e. The molecule has 170 valence electrons. The van der Waals surface area contributed by atoms with Gasteiger partial charge in [-0.2, -0.15) is 0 Å². The number of ether oxygens (including phenoxy) is 2. The van der Waals surface area contributed by atoms with Crippen molar-refractivity contribution in [1.29, 1.82) is 0 Å². The van der Waals surface area contributed by atoms with Crippen LogP contribution in [-0.2, 0) is 14.9 Å². The molecule has 1 fully saturated rings. The van der Waals surface area contributed by atoms with E-state index in [1.54, 1.807) is 0 Å². The Morgan fingerprint density at radius 2 is 1.91 bits per heavy atom. The third-order valence-corrected chi connectivity index (χ3v) is 6.65. The summed E-state index contributed by atoms with van der Waals surface area (Å²) in [5, 5.41) is 0.749. The Labute approximate surface area is 196 Å². The quantitative estimate of drug-likeness (QED) is 0.413. The van der Waals surface area contributed by atoms with Gasteiger partial charge in [0.1, 0.15) is 11.4 Å². The molecule has 0 saturated carbocycles. The Kier molecular flexibility index (Phi) is 6.64. The number of halogens is 1. The van der Waals surface area contributed by atoms with Crippen LogP contribution in [0.2, 0.25) is 5.02 Å². The summed E-state index contributed by atoms with van der Waals surface area (Å²) in [5.41, 5.74) is 3.10. The van der Waals surface area contributed by atoms with Gasteiger partial charge in [-0.15, -0.1) is 0 Å². The minimum absolute atomic E-state index is 0.0860. The van der Waals surface area contributed by atoms with Crippen LogP contribution in [-0.4, -0.2) is 42.7 Å². The lowest BCUT2D eigenvalue weighted by atomic mass is 9.74. The van der Waals surface area contributed by atoms with Gasteiger partial charge >= 0.3 is 5.97 Å². The molecule has 2 heterocycles. The highest BCUT2D eigenvalue weighted by molar-refractivity contribution is 6.32. The van der Waals surface area contributed by atoms with Crippen molar-refractivity contribution in [3.05, 3.63) is 64.2 Å². The fraction of sp³-hybridized carbons (Fsp3) is 0.444. The van der Waals surface area contributed by atoms with E-state index in [9.17, 15) is 4.79 Å². The second-order valence-corrected chi connectivity index (χ2v) is 10.3. The SMILES string of the molecule is CC(C)(C)OC(=O)CCN1CCC2(CC1)COc1cc(/C=C/c3ccccc3Cl)ccc12. The lowest BCUT2D eigenvalue weighted by molar-refractivity contribution is -0.155. The topological polar surface area (TPSA) is 38.8 Å². The van der Waals surface area contributed by atoms with E-state index >= 15 is 0 Å². The van der Waals surface area contributed by atoms with Crippen LogP contribution in [0.3, 0.4) is 0 Å². The Morgan fingerprint density at radius 3 is 2.62 bits per heavy atom. The van der Waals surface area contributed by atoms with Crippen molar-refractivity contribution in [2.24, 2.45) is 0 Å². The van der Waals surface area contributed by atoms with Gasteiger partial charge in [0.25, 0.3) is 0 Å². The molecule has 1 spiro atoms. The minimum Gasteiger partial charge on any atom is -0.492 e. The molecular weight excluding hydrogens is 422 g/mol. The highest BCUT2D eigenvalue weighted by Crippen LogP contribution is 2.46. The van der Waals surface area contributed by atoms with Gasteiger partial charge in [0.05, 0.1) is 13.0 Å². The summed E-state index contributed by atoms with van der Waals surface area (Å²) >= 11 is 6.26. The summed E-state index contributed by atoms with van der Waals surface area (Å²) < 4.78 is 11.6. The molecular formula is C27H32ClNO3. The first-order valence-corrected chi connectivity index (χ1v) is 11.8. The fourth-order valence-electron chi connectivity index (χ4n) is 4.55. The molecule has 0 N–H and O–H groups in total. The van der Waals surface area contributed by atoms with Crippen molar-refractivity contribution < 1.29 is 14.3 Å². The molecule has 4 nitrogen and oxygen atoms in total. The molecule has 0 amide bonds. The zero-order valence-electron chi connectivity index (χ0n) is 19.2. The van der Waals surface area contributed by atoms with Crippen molar-refractivity contribution in [3.8, 4) is 5.75 Å². The average molecular weight is 454 g/mol. The van der Waals surface area contributed by atoms with Gasteiger partial charge in [-0.25, -0.2) is 0 Å². The second-order valence-electron chi connectivity index (χ2n) is 9.86. The van der Waals surface area contributed by atoms with E-state index in [4.69, 9.17) is 21.1 Å². The number of carbonyl (C=O) groups excluding carboxylic acids is 1. The average Bonchev–Trinajstić information content (AvgIpc) is 3.09. The molecule has 0 unspecified atom stereocenters. The number of rotatable bonds is 5. The minimum atomic E-state index is -0.421. The molecule has 0 radical (unpaired) electrons. The lowest BCUT2D eigenvalue weighted by Crippen LogP contribution is -2.44. The van der Waals surface area contributed by atoms with Gasteiger partial charge in [-0.05, 0) is 70.0 Å². The van der Waals surface area contributed by atoms with E-state index < -0.39 is 5.60 Å². The molecule has 32 heavy (non-hydrogen) atoms. The number of piperidine rings is 1. The third kappa shape index (κ3) is 5.36. The summed E-state index contributed by atoms with van der Waals surface area (Å²) in [4.78, 5) is 14.4. The van der Waals surface area contributed by atoms with Crippen molar-refractivity contribution >= 4 is 29.7 Å². The van der Waals surface area contributed by atoms with Crippen LogP contribution in [0.1, 0.15) is 56.7 Å². The monoisotopic (exact) mass is 453 g/mol. The summed E-state index contributed by atoms with van der Waals surface area (Å²) in [6.07, 6.45) is 6.65. The van der Waals surface area contributed by atoms with Crippen LogP contribution in [0, 0.1) is 0 Å². The van der Waals surface area contributed by atoms with Gasteiger partial charge < -0.3 is 14.4 Å². The predicted octanol–water partition coefficient (Wildman–Crippen LogP) is 5.97. The van der Waals surface area contributed by atoms with Gasteiger partial charge in [0.15, 0.2) is 0 Å². The van der Waals surface area contributed by atoms with Crippen molar-refractivity contribution in [1.82, 2.24) is 4.90 Å². The maximum atomic E-state index is 12.0. The van der Waals surface area contributed by atoms with Crippen LogP contribution >= 0.6 is 11.6 Å². The summed E-state index contributed by atoms with van der Waals surface area (Å²) in [6.45, 7) is 9.16. The molecule has 0 aromatic heterocycles. The van der Waals surface area contributed by atoms with Crippen LogP contribution in [0.25, 0.3) is 12.2 Å². The number of fused-ring (bicyclic) bond motifs is 2. The molecule has 1 saturated heterocycles. The number of nitrogens with zero attached hydrogens (tertiary/aromatic N) is 1. The highest BCUT2D eigenvalue weighted by atomic mass is 35.5. The van der Waals surface area contributed by atoms with Gasteiger partial charge in [0, 0.05) is 22.5 Å². The van der Waals surface area contributed by atoms with E-state index in [2.05, 4.69) is 29.2 Å². The summed E-state index contributed by atoms with van der Waals surface area (Å²) in [7, 11) is 0. The van der Waals surface area contributed by atoms with Gasteiger partial charge in [-0.1, -0.05) is 54.1 Å². The molecule has 4 rings (SSSR count).